The molecule has 0 heterocycles. The summed E-state index contributed by atoms with van der Waals surface area (Å²) < 4.78 is 5.37. The number of terminal acetylenes is 1. The lowest BCUT2D eigenvalue weighted by atomic mass is 9.94. The second-order valence-corrected chi connectivity index (χ2v) is 9.80. The zero-order chi connectivity index (χ0) is 26.1. The van der Waals surface area contributed by atoms with Crippen LogP contribution in [0, 0.1) is 25.3 Å². The van der Waals surface area contributed by atoms with Crippen LogP contribution in [-0.2, 0) is 14.3 Å². The van der Waals surface area contributed by atoms with E-state index < -0.39 is 29.7 Å². The first-order valence-electron chi connectivity index (χ1n) is 12.0. The Kier molecular flexibility index (Phi) is 11.1. The molecule has 0 aromatic heterocycles. The molecule has 2 N–H and O–H groups in total. The summed E-state index contributed by atoms with van der Waals surface area (Å²) in [7, 11) is 0. The SMILES string of the molecule is C#CN(C(=O)C(NC(=O)OC(C)(C)C)C(C)CC)C(C(=O)NC(C)CCC)c1ccccc1C. The van der Waals surface area contributed by atoms with Crippen LogP contribution in [0.3, 0.4) is 0 Å². The molecular weight excluding hydrogens is 430 g/mol. The number of carbonyl (C=O) groups is 3. The van der Waals surface area contributed by atoms with E-state index in [-0.39, 0.29) is 17.9 Å². The van der Waals surface area contributed by atoms with E-state index in [1.54, 1.807) is 26.8 Å². The minimum atomic E-state index is -1.04. The molecule has 1 aromatic rings. The fourth-order valence-corrected chi connectivity index (χ4v) is 3.65. The van der Waals surface area contributed by atoms with Gasteiger partial charge in [0.25, 0.3) is 5.91 Å². The van der Waals surface area contributed by atoms with Crippen molar-refractivity contribution in [3.63, 3.8) is 0 Å². The van der Waals surface area contributed by atoms with Gasteiger partial charge in [-0.15, -0.1) is 0 Å². The van der Waals surface area contributed by atoms with E-state index in [9.17, 15) is 14.4 Å². The number of rotatable bonds is 10. The van der Waals surface area contributed by atoms with Gasteiger partial charge in [0.05, 0.1) is 0 Å². The molecule has 4 atom stereocenters. The van der Waals surface area contributed by atoms with Crippen molar-refractivity contribution < 1.29 is 19.1 Å². The molecule has 34 heavy (non-hydrogen) atoms. The first-order valence-corrected chi connectivity index (χ1v) is 12.0. The Bertz CT molecular complexity index is 885. The van der Waals surface area contributed by atoms with Crippen LogP contribution < -0.4 is 10.6 Å². The number of hydrogen-bond acceptors (Lipinski definition) is 4. The molecule has 0 aliphatic rings. The Balaban J connectivity index is 3.42. The van der Waals surface area contributed by atoms with Gasteiger partial charge in [0.15, 0.2) is 0 Å². The normalized spacial score (nSPS) is 14.7. The number of hydrogen-bond donors (Lipinski definition) is 2. The van der Waals surface area contributed by atoms with Crippen LogP contribution in [0.15, 0.2) is 24.3 Å². The van der Waals surface area contributed by atoms with Crippen LogP contribution in [-0.4, -0.2) is 40.5 Å². The number of benzene rings is 1. The summed E-state index contributed by atoms with van der Waals surface area (Å²) in [5.74, 6) is -1.13. The number of amides is 3. The largest absolute Gasteiger partial charge is 0.444 e. The van der Waals surface area contributed by atoms with Crippen LogP contribution in [0.5, 0.6) is 0 Å². The number of aryl methyl sites for hydroxylation is 1. The molecule has 0 saturated carbocycles. The minimum Gasteiger partial charge on any atom is -0.444 e. The highest BCUT2D eigenvalue weighted by Crippen LogP contribution is 2.26. The summed E-state index contributed by atoms with van der Waals surface area (Å²) in [6, 6.07) is 7.69. The van der Waals surface area contributed by atoms with Gasteiger partial charge in [0, 0.05) is 12.1 Å². The lowest BCUT2D eigenvalue weighted by Crippen LogP contribution is -2.54. The minimum absolute atomic E-state index is 0.0796. The van der Waals surface area contributed by atoms with Gasteiger partial charge in [-0.3, -0.25) is 14.5 Å². The van der Waals surface area contributed by atoms with E-state index >= 15 is 0 Å². The third-order valence-corrected chi connectivity index (χ3v) is 5.63. The first-order chi connectivity index (χ1) is 15.9. The number of ether oxygens (including phenoxy) is 1. The third kappa shape index (κ3) is 8.40. The smallest absolute Gasteiger partial charge is 0.408 e. The molecule has 188 valence electrons. The second-order valence-electron chi connectivity index (χ2n) is 9.80. The van der Waals surface area contributed by atoms with Crippen LogP contribution in [0.1, 0.15) is 84.9 Å². The topological polar surface area (TPSA) is 87.7 Å². The van der Waals surface area contributed by atoms with E-state index in [0.29, 0.717) is 12.0 Å². The quantitative estimate of drug-likeness (QED) is 0.382. The predicted octanol–water partition coefficient (Wildman–Crippen LogP) is 4.70. The maximum Gasteiger partial charge on any atom is 0.408 e. The van der Waals surface area contributed by atoms with Crippen molar-refractivity contribution in [3.05, 3.63) is 35.4 Å². The van der Waals surface area contributed by atoms with Gasteiger partial charge in [-0.1, -0.05) is 64.3 Å². The van der Waals surface area contributed by atoms with Gasteiger partial charge in [-0.05, 0) is 58.1 Å². The molecule has 4 unspecified atom stereocenters. The van der Waals surface area contributed by atoms with Gasteiger partial charge in [0.2, 0.25) is 5.91 Å². The number of carbonyl (C=O) groups excluding carboxylic acids is 3. The molecule has 0 radical (unpaired) electrons. The summed E-state index contributed by atoms with van der Waals surface area (Å²) in [6.45, 7) is 14.8. The van der Waals surface area contributed by atoms with Crippen LogP contribution in [0.2, 0.25) is 0 Å². The highest BCUT2D eigenvalue weighted by Gasteiger charge is 2.38. The molecule has 0 spiro atoms. The Morgan fingerprint density at radius 2 is 1.74 bits per heavy atom. The van der Waals surface area contributed by atoms with Crippen LogP contribution >= 0.6 is 0 Å². The Morgan fingerprint density at radius 3 is 2.24 bits per heavy atom. The number of nitrogens with one attached hydrogen (secondary N) is 2. The standard InChI is InChI=1S/C27H41N3O4/c1-10-15-20(6)28-24(31)23(21-17-14-13-16-19(21)5)30(12-3)25(32)22(18(4)11-2)29-26(33)34-27(7,8)9/h3,13-14,16-18,20,22-23H,10-11,15H2,1-2,4-9H3,(H,28,31)(H,29,33). The van der Waals surface area contributed by atoms with Crippen molar-refractivity contribution in [2.45, 2.75) is 98.4 Å². The first kappa shape index (κ1) is 29.0. The van der Waals surface area contributed by atoms with Crippen molar-refractivity contribution in [2.24, 2.45) is 5.92 Å². The monoisotopic (exact) mass is 471 g/mol. The zero-order valence-corrected chi connectivity index (χ0v) is 21.9. The van der Waals surface area contributed by atoms with E-state index in [1.807, 2.05) is 52.8 Å². The summed E-state index contributed by atoms with van der Waals surface area (Å²) in [5, 5.41) is 5.67. The Morgan fingerprint density at radius 1 is 1.12 bits per heavy atom. The van der Waals surface area contributed by atoms with Crippen LogP contribution in [0.25, 0.3) is 0 Å². The van der Waals surface area contributed by atoms with Gasteiger partial charge in [0.1, 0.15) is 17.7 Å². The average molecular weight is 472 g/mol. The van der Waals surface area contributed by atoms with E-state index in [1.165, 1.54) is 0 Å². The summed E-state index contributed by atoms with van der Waals surface area (Å²) in [6.07, 6.45) is 7.44. The van der Waals surface area contributed by atoms with Gasteiger partial charge >= 0.3 is 6.09 Å². The van der Waals surface area contributed by atoms with Gasteiger partial charge < -0.3 is 15.4 Å². The molecule has 0 bridgehead atoms. The summed E-state index contributed by atoms with van der Waals surface area (Å²) in [5.41, 5.74) is 0.743. The summed E-state index contributed by atoms with van der Waals surface area (Å²) >= 11 is 0. The molecule has 3 amide bonds. The van der Waals surface area contributed by atoms with Crippen LogP contribution in [0.4, 0.5) is 4.79 Å². The third-order valence-electron chi connectivity index (χ3n) is 5.63. The highest BCUT2D eigenvalue weighted by atomic mass is 16.6. The lowest BCUT2D eigenvalue weighted by Gasteiger charge is -2.33. The fraction of sp³-hybridized carbons (Fsp3) is 0.593. The average Bonchev–Trinajstić information content (AvgIpc) is 2.74. The molecule has 1 rings (SSSR count). The van der Waals surface area contributed by atoms with Crippen molar-refractivity contribution >= 4 is 17.9 Å². The molecule has 0 saturated heterocycles. The van der Waals surface area contributed by atoms with Gasteiger partial charge in [-0.25, -0.2) is 4.79 Å². The van der Waals surface area contributed by atoms with Crippen molar-refractivity contribution in [2.75, 3.05) is 0 Å². The maximum absolute atomic E-state index is 13.8. The van der Waals surface area contributed by atoms with E-state index in [4.69, 9.17) is 11.2 Å². The van der Waals surface area contributed by atoms with Crippen molar-refractivity contribution in [1.82, 2.24) is 15.5 Å². The molecule has 0 aliphatic carbocycles. The van der Waals surface area contributed by atoms with Crippen molar-refractivity contribution in [3.8, 4) is 12.5 Å². The lowest BCUT2D eigenvalue weighted by molar-refractivity contribution is -0.139. The molecule has 7 heteroatoms. The zero-order valence-electron chi connectivity index (χ0n) is 21.9. The number of alkyl carbamates (subject to hydrolysis) is 1. The van der Waals surface area contributed by atoms with Crippen molar-refractivity contribution in [1.29, 1.82) is 0 Å². The second kappa shape index (κ2) is 13.0. The fourth-order valence-electron chi connectivity index (χ4n) is 3.65. The number of nitrogens with zero attached hydrogens (tertiary/aromatic N) is 1. The molecule has 7 nitrogen and oxygen atoms in total. The molecular formula is C27H41N3O4. The Hall–Kier alpha value is -3.01. The summed E-state index contributed by atoms with van der Waals surface area (Å²) in [4.78, 5) is 40.8. The Labute approximate surface area is 205 Å². The van der Waals surface area contributed by atoms with E-state index in [0.717, 1.165) is 23.3 Å². The van der Waals surface area contributed by atoms with Gasteiger partial charge in [-0.2, -0.15) is 0 Å². The molecule has 0 fully saturated rings. The maximum atomic E-state index is 13.8. The highest BCUT2D eigenvalue weighted by molar-refractivity contribution is 5.93. The van der Waals surface area contributed by atoms with E-state index in [2.05, 4.69) is 16.7 Å². The predicted molar refractivity (Wildman–Crippen MR) is 135 cm³/mol. The molecule has 1 aromatic carbocycles. The molecule has 0 aliphatic heterocycles.